The van der Waals surface area contributed by atoms with Crippen LogP contribution < -0.4 is 4.74 Å². The molecule has 0 spiro atoms. The molecular formula is C12H6ClFN2O5. The van der Waals surface area contributed by atoms with Crippen molar-refractivity contribution in [2.45, 2.75) is 0 Å². The molecule has 108 valence electrons. The van der Waals surface area contributed by atoms with Crippen LogP contribution in [0.25, 0.3) is 0 Å². The molecule has 0 radical (unpaired) electrons. The molecule has 9 heteroatoms. The number of aromatic nitrogens is 1. The number of benzene rings is 1. The van der Waals surface area contributed by atoms with Crippen LogP contribution in [0.2, 0.25) is 5.15 Å². The quantitative estimate of drug-likeness (QED) is 0.528. The van der Waals surface area contributed by atoms with Crippen LogP contribution in [0.5, 0.6) is 11.6 Å². The second kappa shape index (κ2) is 5.71. The summed E-state index contributed by atoms with van der Waals surface area (Å²) < 4.78 is 18.6. The Bertz CT molecular complexity index is 738. The van der Waals surface area contributed by atoms with Gasteiger partial charge in [0.05, 0.1) is 4.92 Å². The zero-order valence-corrected chi connectivity index (χ0v) is 10.9. The van der Waals surface area contributed by atoms with E-state index in [2.05, 4.69) is 4.98 Å². The summed E-state index contributed by atoms with van der Waals surface area (Å²) >= 11 is 5.64. The van der Waals surface area contributed by atoms with Crippen molar-refractivity contribution < 1.29 is 24.0 Å². The molecular weight excluding hydrogens is 307 g/mol. The molecule has 0 unspecified atom stereocenters. The first-order valence-corrected chi connectivity index (χ1v) is 5.78. The van der Waals surface area contributed by atoms with Crippen LogP contribution in [0.15, 0.2) is 30.3 Å². The van der Waals surface area contributed by atoms with Crippen LogP contribution in [0.4, 0.5) is 10.1 Å². The normalized spacial score (nSPS) is 10.2. The lowest BCUT2D eigenvalue weighted by Crippen LogP contribution is -2.02. The maximum Gasteiger partial charge on any atom is 0.341 e. The number of nitrogens with zero attached hydrogens (tertiary/aromatic N) is 2. The average Bonchev–Trinajstić information content (AvgIpc) is 2.37. The van der Waals surface area contributed by atoms with Gasteiger partial charge in [0, 0.05) is 12.1 Å². The zero-order valence-electron chi connectivity index (χ0n) is 10.1. The Kier molecular flexibility index (Phi) is 3.99. The van der Waals surface area contributed by atoms with Gasteiger partial charge in [0.2, 0.25) is 11.7 Å². The summed E-state index contributed by atoms with van der Waals surface area (Å²) in [7, 11) is 0. The van der Waals surface area contributed by atoms with Crippen molar-refractivity contribution in [1.82, 2.24) is 4.98 Å². The van der Waals surface area contributed by atoms with Crippen molar-refractivity contribution in [3.63, 3.8) is 0 Å². The number of rotatable bonds is 4. The fraction of sp³-hybridized carbons (Fsp3) is 0. The van der Waals surface area contributed by atoms with Crippen molar-refractivity contribution in [3.05, 3.63) is 57.0 Å². The first-order chi connectivity index (χ1) is 9.88. The summed E-state index contributed by atoms with van der Waals surface area (Å²) in [4.78, 5) is 24.3. The van der Waals surface area contributed by atoms with Crippen molar-refractivity contribution >= 4 is 23.3 Å². The van der Waals surface area contributed by atoms with Crippen LogP contribution in [0.1, 0.15) is 10.4 Å². The number of carboxylic acids is 1. The Morgan fingerprint density at radius 3 is 2.67 bits per heavy atom. The van der Waals surface area contributed by atoms with Gasteiger partial charge < -0.3 is 9.84 Å². The lowest BCUT2D eigenvalue weighted by atomic mass is 10.2. The van der Waals surface area contributed by atoms with Crippen molar-refractivity contribution in [2.24, 2.45) is 0 Å². The summed E-state index contributed by atoms with van der Waals surface area (Å²) in [5.74, 6) is -2.91. The van der Waals surface area contributed by atoms with E-state index in [4.69, 9.17) is 21.4 Å². The Morgan fingerprint density at radius 2 is 2.10 bits per heavy atom. The minimum atomic E-state index is -1.31. The average molecular weight is 313 g/mol. The monoisotopic (exact) mass is 312 g/mol. The lowest BCUT2D eigenvalue weighted by molar-refractivity contribution is -0.387. The number of nitro benzene ring substituents is 1. The minimum absolute atomic E-state index is 0.0163. The molecule has 1 aromatic carbocycles. The molecule has 7 nitrogen and oxygen atoms in total. The molecule has 1 heterocycles. The third-order valence-electron chi connectivity index (χ3n) is 2.39. The smallest absolute Gasteiger partial charge is 0.341 e. The van der Waals surface area contributed by atoms with Gasteiger partial charge in [-0.25, -0.2) is 9.78 Å². The SMILES string of the molecule is O=C(O)c1ccc(Cl)nc1Oc1ccc([N+](=O)[O-])c(F)c1. The molecule has 2 aromatic rings. The number of hydrogen-bond donors (Lipinski definition) is 1. The van der Waals surface area contributed by atoms with E-state index < -0.39 is 22.4 Å². The highest BCUT2D eigenvalue weighted by atomic mass is 35.5. The molecule has 0 bridgehead atoms. The Morgan fingerprint density at radius 1 is 1.38 bits per heavy atom. The fourth-order valence-electron chi connectivity index (χ4n) is 1.47. The van der Waals surface area contributed by atoms with Crippen LogP contribution >= 0.6 is 11.6 Å². The van der Waals surface area contributed by atoms with E-state index in [0.717, 1.165) is 18.2 Å². The molecule has 1 aromatic heterocycles. The van der Waals surface area contributed by atoms with Gasteiger partial charge in [0.1, 0.15) is 16.5 Å². The maximum atomic E-state index is 13.5. The highest BCUT2D eigenvalue weighted by Crippen LogP contribution is 2.28. The number of ether oxygens (including phenoxy) is 1. The summed E-state index contributed by atoms with van der Waals surface area (Å²) in [5, 5.41) is 19.5. The lowest BCUT2D eigenvalue weighted by Gasteiger charge is -2.08. The largest absolute Gasteiger partial charge is 0.477 e. The minimum Gasteiger partial charge on any atom is -0.477 e. The van der Waals surface area contributed by atoms with E-state index in [1.165, 1.54) is 12.1 Å². The third kappa shape index (κ3) is 3.23. The van der Waals surface area contributed by atoms with Gasteiger partial charge in [-0.15, -0.1) is 0 Å². The molecule has 0 saturated heterocycles. The fourth-order valence-corrected chi connectivity index (χ4v) is 1.61. The van der Waals surface area contributed by atoms with Crippen molar-refractivity contribution in [2.75, 3.05) is 0 Å². The molecule has 0 fully saturated rings. The number of nitro groups is 1. The van der Waals surface area contributed by atoms with Crippen LogP contribution in [0, 0.1) is 15.9 Å². The Hall–Kier alpha value is -2.74. The summed E-state index contributed by atoms with van der Waals surface area (Å²) in [5.41, 5.74) is -1.00. The van der Waals surface area contributed by atoms with Gasteiger partial charge in [-0.05, 0) is 18.2 Å². The molecule has 0 saturated carbocycles. The van der Waals surface area contributed by atoms with Crippen LogP contribution in [0.3, 0.4) is 0 Å². The Labute approximate surface area is 121 Å². The highest BCUT2D eigenvalue weighted by Gasteiger charge is 2.18. The maximum absolute atomic E-state index is 13.5. The number of hydrogen-bond acceptors (Lipinski definition) is 5. The molecule has 0 aliphatic rings. The number of carboxylic acid groups (broad SMARTS) is 1. The standard InChI is InChI=1S/C12H6ClFN2O5/c13-10-4-2-7(12(17)18)11(15-10)21-6-1-3-9(16(19)20)8(14)5-6/h1-5H,(H,17,18). The van der Waals surface area contributed by atoms with Crippen LogP contribution in [-0.4, -0.2) is 21.0 Å². The van der Waals surface area contributed by atoms with E-state index in [1.54, 1.807) is 0 Å². The first kappa shape index (κ1) is 14.7. The van der Waals surface area contributed by atoms with Crippen molar-refractivity contribution in [1.29, 1.82) is 0 Å². The predicted octanol–water partition coefficient (Wildman–Crippen LogP) is 3.27. The molecule has 21 heavy (non-hydrogen) atoms. The van der Waals surface area contributed by atoms with E-state index in [-0.39, 0.29) is 22.3 Å². The summed E-state index contributed by atoms with van der Waals surface area (Å²) in [6, 6.07) is 5.21. The molecule has 2 rings (SSSR count). The van der Waals surface area contributed by atoms with Gasteiger partial charge in [0.15, 0.2) is 0 Å². The predicted molar refractivity (Wildman–Crippen MR) is 69.3 cm³/mol. The number of halogens is 2. The molecule has 0 aliphatic heterocycles. The highest BCUT2D eigenvalue weighted by molar-refractivity contribution is 6.29. The second-order valence-corrected chi connectivity index (χ2v) is 4.15. The van der Waals surface area contributed by atoms with Gasteiger partial charge >= 0.3 is 11.7 Å². The second-order valence-electron chi connectivity index (χ2n) is 3.76. The number of pyridine rings is 1. The first-order valence-electron chi connectivity index (χ1n) is 5.40. The van der Waals surface area contributed by atoms with Crippen LogP contribution in [-0.2, 0) is 0 Å². The summed E-state index contributed by atoms with van der Waals surface area (Å²) in [6.45, 7) is 0. The van der Waals surface area contributed by atoms with Gasteiger partial charge in [0.25, 0.3) is 0 Å². The van der Waals surface area contributed by atoms with E-state index in [0.29, 0.717) is 0 Å². The molecule has 0 atom stereocenters. The van der Waals surface area contributed by atoms with Gasteiger partial charge in [-0.3, -0.25) is 10.1 Å². The number of carbonyl (C=O) groups is 1. The molecule has 1 N–H and O–H groups in total. The topological polar surface area (TPSA) is 103 Å². The van der Waals surface area contributed by atoms with Crippen molar-refractivity contribution in [3.8, 4) is 11.6 Å². The third-order valence-corrected chi connectivity index (χ3v) is 2.60. The molecule has 0 aliphatic carbocycles. The van der Waals surface area contributed by atoms with E-state index in [1.807, 2.05) is 0 Å². The molecule has 0 amide bonds. The van der Waals surface area contributed by atoms with E-state index in [9.17, 15) is 19.3 Å². The Balaban J connectivity index is 2.38. The number of aromatic carboxylic acids is 1. The van der Waals surface area contributed by atoms with E-state index >= 15 is 0 Å². The summed E-state index contributed by atoms with van der Waals surface area (Å²) in [6.07, 6.45) is 0. The van der Waals surface area contributed by atoms with Gasteiger partial charge in [-0.2, -0.15) is 4.39 Å². The zero-order chi connectivity index (χ0) is 15.6. The van der Waals surface area contributed by atoms with Gasteiger partial charge in [-0.1, -0.05) is 11.6 Å².